The molecule has 0 atom stereocenters. The molecular formula is C22H27Cl2N5O5S2. The van der Waals surface area contributed by atoms with Gasteiger partial charge in [-0.15, -0.1) is 21.5 Å². The van der Waals surface area contributed by atoms with Crippen LogP contribution in [0, 0.1) is 0 Å². The van der Waals surface area contributed by atoms with E-state index in [-0.39, 0.29) is 49.4 Å². The van der Waals surface area contributed by atoms with Crippen LogP contribution in [-0.4, -0.2) is 59.1 Å². The molecule has 14 heteroatoms. The number of benzene rings is 1. The fraction of sp³-hybridized carbons (Fsp3) is 0.455. The van der Waals surface area contributed by atoms with Gasteiger partial charge >= 0.3 is 0 Å². The van der Waals surface area contributed by atoms with E-state index in [0.29, 0.717) is 17.0 Å². The summed E-state index contributed by atoms with van der Waals surface area (Å²) >= 11 is 14.0. The van der Waals surface area contributed by atoms with Crippen molar-refractivity contribution in [3.8, 4) is 21.3 Å². The number of sulfonamides is 1. The molecule has 1 aromatic carbocycles. The third-order valence-corrected chi connectivity index (χ3v) is 8.61. The number of hydrogen-bond acceptors (Lipinski definition) is 9. The zero-order chi connectivity index (χ0) is 27.0. The Morgan fingerprint density at radius 3 is 2.47 bits per heavy atom. The average Bonchev–Trinajstić information content (AvgIpc) is 3.41. The summed E-state index contributed by atoms with van der Waals surface area (Å²) in [4.78, 5) is 19.4. The van der Waals surface area contributed by atoms with Gasteiger partial charge < -0.3 is 14.4 Å². The zero-order valence-electron chi connectivity index (χ0n) is 20.6. The van der Waals surface area contributed by atoms with Crippen LogP contribution in [0.3, 0.4) is 0 Å². The van der Waals surface area contributed by atoms with Crippen LogP contribution in [0.25, 0.3) is 21.3 Å². The minimum atomic E-state index is -3.92. The van der Waals surface area contributed by atoms with E-state index >= 15 is 0 Å². The Hall–Kier alpha value is -2.09. The summed E-state index contributed by atoms with van der Waals surface area (Å²) in [5, 5.41) is 18.0. The number of hydrogen-bond donors (Lipinski definition) is 2. The van der Waals surface area contributed by atoms with Crippen molar-refractivity contribution >= 4 is 50.5 Å². The Labute approximate surface area is 223 Å². The van der Waals surface area contributed by atoms with Crippen LogP contribution in [0.1, 0.15) is 57.4 Å². The van der Waals surface area contributed by atoms with Gasteiger partial charge in [-0.05, 0) is 40.2 Å². The van der Waals surface area contributed by atoms with Gasteiger partial charge in [0.15, 0.2) is 5.01 Å². The van der Waals surface area contributed by atoms with E-state index in [0.717, 1.165) is 17.8 Å². The largest absolute Gasteiger partial charge is 0.415 e. The molecule has 0 aliphatic rings. The molecule has 0 spiro atoms. The summed E-state index contributed by atoms with van der Waals surface area (Å²) in [6.45, 7) is 8.79. The van der Waals surface area contributed by atoms with E-state index < -0.39 is 15.6 Å². The second-order valence-electron chi connectivity index (χ2n) is 8.91. The summed E-state index contributed by atoms with van der Waals surface area (Å²) in [5.74, 6) is -0.376. The highest BCUT2D eigenvalue weighted by molar-refractivity contribution is 7.89. The van der Waals surface area contributed by atoms with Crippen LogP contribution in [0.5, 0.6) is 0 Å². The first kappa shape index (κ1) is 28.5. The number of amides is 1. The van der Waals surface area contributed by atoms with Crippen molar-refractivity contribution in [1.29, 1.82) is 0 Å². The Morgan fingerprint density at radius 1 is 1.25 bits per heavy atom. The maximum absolute atomic E-state index is 13.3. The SMILES string of the molecule is CCCN(C)C(=O)c1nc(-c2nnc(C(C)(C)O)o2)sc1-c1ccc(S(=O)(=O)NC(C)C)c(Cl)c1Cl. The third-order valence-electron chi connectivity index (χ3n) is 4.84. The van der Waals surface area contributed by atoms with E-state index in [9.17, 15) is 18.3 Å². The highest BCUT2D eigenvalue weighted by atomic mass is 35.5. The molecule has 0 saturated carbocycles. The molecule has 0 radical (unpaired) electrons. The van der Waals surface area contributed by atoms with Gasteiger partial charge in [0.25, 0.3) is 11.8 Å². The van der Waals surface area contributed by atoms with Crippen molar-refractivity contribution in [3.05, 3.63) is 33.8 Å². The van der Waals surface area contributed by atoms with Crippen molar-refractivity contribution in [2.24, 2.45) is 0 Å². The van der Waals surface area contributed by atoms with Crippen molar-refractivity contribution in [2.45, 2.75) is 57.6 Å². The molecule has 0 aliphatic carbocycles. The van der Waals surface area contributed by atoms with Gasteiger partial charge in [-0.2, -0.15) is 0 Å². The van der Waals surface area contributed by atoms with Crippen LogP contribution < -0.4 is 4.72 Å². The molecule has 0 saturated heterocycles. The standard InChI is InChI=1S/C22H27Cl2N5O5S2/c1-7-10-29(6)20(30)16-17(35-19(25-16)18-26-27-21(34-18)22(4,5)31)12-8-9-13(15(24)14(12)23)36(32,33)28-11(2)3/h8-9,11,28,31H,7,10H2,1-6H3. The Balaban J connectivity index is 2.18. The Morgan fingerprint density at radius 2 is 1.92 bits per heavy atom. The van der Waals surface area contributed by atoms with Crippen molar-refractivity contribution < 1.29 is 22.7 Å². The third kappa shape index (κ3) is 5.90. The number of nitrogens with one attached hydrogen (secondary N) is 1. The van der Waals surface area contributed by atoms with Gasteiger partial charge in [0.05, 0.1) is 14.9 Å². The molecule has 0 aliphatic heterocycles. The van der Waals surface area contributed by atoms with Crippen LogP contribution >= 0.6 is 34.5 Å². The lowest BCUT2D eigenvalue weighted by Gasteiger charge is -2.16. The summed E-state index contributed by atoms with van der Waals surface area (Å²) in [6, 6.07) is 2.46. The van der Waals surface area contributed by atoms with Crippen molar-refractivity contribution in [3.63, 3.8) is 0 Å². The lowest BCUT2D eigenvalue weighted by atomic mass is 10.1. The first-order chi connectivity index (χ1) is 16.7. The molecule has 36 heavy (non-hydrogen) atoms. The number of rotatable bonds is 9. The molecule has 2 N–H and O–H groups in total. The lowest BCUT2D eigenvalue weighted by Crippen LogP contribution is -2.30. The molecule has 2 aromatic heterocycles. The van der Waals surface area contributed by atoms with Gasteiger partial charge in [0, 0.05) is 25.2 Å². The number of thiazole rings is 1. The molecule has 2 heterocycles. The van der Waals surface area contributed by atoms with E-state index in [1.54, 1.807) is 20.9 Å². The highest BCUT2D eigenvalue weighted by Gasteiger charge is 2.30. The van der Waals surface area contributed by atoms with E-state index in [1.165, 1.54) is 30.9 Å². The fourth-order valence-corrected chi connectivity index (χ4v) is 6.39. The number of aliphatic hydroxyl groups is 1. The highest BCUT2D eigenvalue weighted by Crippen LogP contribution is 2.43. The second kappa shape index (κ2) is 10.7. The van der Waals surface area contributed by atoms with Crippen LogP contribution in [0.2, 0.25) is 10.0 Å². The van der Waals surface area contributed by atoms with Gasteiger partial charge in [0.1, 0.15) is 16.2 Å². The smallest absolute Gasteiger partial charge is 0.276 e. The summed E-state index contributed by atoms with van der Waals surface area (Å²) in [5.41, 5.74) is -0.972. The van der Waals surface area contributed by atoms with Gasteiger partial charge in [0.2, 0.25) is 15.9 Å². The first-order valence-corrected chi connectivity index (χ1v) is 14.1. The van der Waals surface area contributed by atoms with Crippen molar-refractivity contribution in [2.75, 3.05) is 13.6 Å². The normalized spacial score (nSPS) is 12.4. The number of halogens is 2. The number of carbonyl (C=O) groups excluding carboxylic acids is 1. The number of carbonyl (C=O) groups is 1. The molecule has 3 rings (SSSR count). The summed E-state index contributed by atoms with van der Waals surface area (Å²) in [7, 11) is -2.27. The Bertz CT molecular complexity index is 1380. The van der Waals surface area contributed by atoms with Crippen LogP contribution in [-0.2, 0) is 15.6 Å². The van der Waals surface area contributed by atoms with Gasteiger partial charge in [-0.1, -0.05) is 36.2 Å². The molecule has 0 unspecified atom stereocenters. The lowest BCUT2D eigenvalue weighted by molar-refractivity contribution is 0.0487. The van der Waals surface area contributed by atoms with E-state index in [1.807, 2.05) is 6.92 Å². The Kier molecular flexibility index (Phi) is 8.48. The molecule has 10 nitrogen and oxygen atoms in total. The average molecular weight is 577 g/mol. The predicted molar refractivity (Wildman–Crippen MR) is 139 cm³/mol. The van der Waals surface area contributed by atoms with Gasteiger partial charge in [-0.3, -0.25) is 4.79 Å². The predicted octanol–water partition coefficient (Wildman–Crippen LogP) is 4.56. The molecular weight excluding hydrogens is 549 g/mol. The van der Waals surface area contributed by atoms with Crippen LogP contribution in [0.4, 0.5) is 0 Å². The molecule has 196 valence electrons. The molecule has 1 amide bonds. The van der Waals surface area contributed by atoms with Crippen molar-refractivity contribution in [1.82, 2.24) is 24.8 Å². The summed E-state index contributed by atoms with van der Waals surface area (Å²) in [6.07, 6.45) is 0.731. The molecule has 0 fully saturated rings. The number of aromatic nitrogens is 3. The zero-order valence-corrected chi connectivity index (χ0v) is 23.7. The minimum absolute atomic E-state index is 0.0121. The summed E-state index contributed by atoms with van der Waals surface area (Å²) < 4.78 is 33.5. The maximum atomic E-state index is 13.3. The number of nitrogens with zero attached hydrogens (tertiary/aromatic N) is 4. The topological polar surface area (TPSA) is 139 Å². The van der Waals surface area contributed by atoms with E-state index in [2.05, 4.69) is 19.9 Å². The quantitative estimate of drug-likeness (QED) is 0.378. The molecule has 0 bridgehead atoms. The van der Waals surface area contributed by atoms with Gasteiger partial charge in [-0.25, -0.2) is 18.1 Å². The first-order valence-electron chi connectivity index (χ1n) is 11.0. The minimum Gasteiger partial charge on any atom is -0.415 e. The fourth-order valence-electron chi connectivity index (χ4n) is 3.20. The molecule has 3 aromatic rings. The van der Waals surface area contributed by atoms with Crippen LogP contribution in [0.15, 0.2) is 21.4 Å². The van der Waals surface area contributed by atoms with E-state index in [4.69, 9.17) is 27.6 Å². The second-order valence-corrected chi connectivity index (χ2v) is 12.3. The monoisotopic (exact) mass is 575 g/mol. The maximum Gasteiger partial charge on any atom is 0.276 e.